The molecule has 3 atom stereocenters. The zero-order valence-electron chi connectivity index (χ0n) is 20.8. The summed E-state index contributed by atoms with van der Waals surface area (Å²) in [5.74, 6) is -0.166. The predicted octanol–water partition coefficient (Wildman–Crippen LogP) is 4.34. The molecule has 1 aliphatic heterocycles. The first-order valence-corrected chi connectivity index (χ1v) is 14.6. The number of hydrogen-bond acceptors (Lipinski definition) is 8. The summed E-state index contributed by atoms with van der Waals surface area (Å²) in [5.41, 5.74) is 7.88. The van der Waals surface area contributed by atoms with Crippen LogP contribution in [-0.2, 0) is 18.7 Å². The van der Waals surface area contributed by atoms with Gasteiger partial charge in [0.25, 0.3) is 0 Å². The van der Waals surface area contributed by atoms with Gasteiger partial charge in [-0.2, -0.15) is 0 Å². The van der Waals surface area contributed by atoms with Gasteiger partial charge in [-0.15, -0.1) is 0 Å². The van der Waals surface area contributed by atoms with Crippen LogP contribution < -0.4 is 5.73 Å². The van der Waals surface area contributed by atoms with E-state index in [0.29, 0.717) is 24.2 Å². The summed E-state index contributed by atoms with van der Waals surface area (Å²) in [6.07, 6.45) is 5.21. The van der Waals surface area contributed by atoms with Crippen molar-refractivity contribution in [1.82, 2.24) is 19.5 Å². The molecule has 0 unspecified atom stereocenters. The Bertz CT molecular complexity index is 1210. The van der Waals surface area contributed by atoms with Crippen LogP contribution in [0.1, 0.15) is 39.0 Å². The maximum atomic E-state index is 12.7. The highest BCUT2D eigenvalue weighted by Crippen LogP contribution is 2.38. The quantitative estimate of drug-likeness (QED) is 0.292. The largest absolute Gasteiger partial charge is 0.454 e. The van der Waals surface area contributed by atoms with Gasteiger partial charge in [-0.1, -0.05) is 51.1 Å². The Morgan fingerprint density at radius 1 is 1.23 bits per heavy atom. The van der Waals surface area contributed by atoms with Crippen LogP contribution in [-0.4, -0.2) is 52.6 Å². The summed E-state index contributed by atoms with van der Waals surface area (Å²) in [5, 5.41) is 0.0775. The van der Waals surface area contributed by atoms with Crippen molar-refractivity contribution in [2.45, 2.75) is 63.8 Å². The summed E-state index contributed by atoms with van der Waals surface area (Å²) in [6, 6.07) is 9.59. The highest BCUT2D eigenvalue weighted by atomic mass is 28.4. The summed E-state index contributed by atoms with van der Waals surface area (Å²) in [7, 11) is -1.97. The van der Waals surface area contributed by atoms with E-state index in [4.69, 9.17) is 19.6 Å². The Kier molecular flexibility index (Phi) is 7.07. The van der Waals surface area contributed by atoms with Gasteiger partial charge in [0, 0.05) is 12.5 Å². The van der Waals surface area contributed by atoms with E-state index < -0.39 is 26.6 Å². The third-order valence-corrected chi connectivity index (χ3v) is 11.2. The molecular formula is C25H33N5O4Si. The second-order valence-electron chi connectivity index (χ2n) is 10.3. The molecule has 9 nitrogen and oxygen atoms in total. The van der Waals surface area contributed by atoms with E-state index in [1.54, 1.807) is 17.0 Å². The predicted molar refractivity (Wildman–Crippen MR) is 137 cm³/mol. The van der Waals surface area contributed by atoms with Gasteiger partial charge >= 0.3 is 5.97 Å². The molecule has 1 fully saturated rings. The Hall–Kier alpha value is -3.08. The summed E-state index contributed by atoms with van der Waals surface area (Å²) in [6.45, 7) is 11.4. The van der Waals surface area contributed by atoms with Crippen molar-refractivity contribution in [3.63, 3.8) is 0 Å². The first-order valence-electron chi connectivity index (χ1n) is 11.7. The molecular weight excluding hydrogens is 462 g/mol. The lowest BCUT2D eigenvalue weighted by molar-refractivity contribution is -0.148. The number of fused-ring (bicyclic) bond motifs is 1. The number of nitrogens with two attached hydrogens (primary N) is 1. The number of hydrogen-bond donors (Lipinski definition) is 1. The summed E-state index contributed by atoms with van der Waals surface area (Å²) >= 11 is 0. The number of carbonyl (C=O) groups is 1. The third-order valence-electron chi connectivity index (χ3n) is 6.72. The molecule has 10 heteroatoms. The first kappa shape index (κ1) is 25.0. The molecule has 0 saturated carbocycles. The highest BCUT2D eigenvalue weighted by Gasteiger charge is 2.43. The van der Waals surface area contributed by atoms with E-state index in [2.05, 4.69) is 48.8 Å². The van der Waals surface area contributed by atoms with Gasteiger partial charge in [0.2, 0.25) is 0 Å². The third kappa shape index (κ3) is 5.60. The normalized spacial score (nSPS) is 21.1. The molecule has 1 aliphatic rings. The van der Waals surface area contributed by atoms with Crippen molar-refractivity contribution in [1.29, 1.82) is 0 Å². The molecule has 3 heterocycles. The molecule has 4 rings (SSSR count). The fourth-order valence-corrected chi connectivity index (χ4v) is 4.70. The van der Waals surface area contributed by atoms with E-state index >= 15 is 0 Å². The van der Waals surface area contributed by atoms with Crippen molar-refractivity contribution in [2.24, 2.45) is 0 Å². The Morgan fingerprint density at radius 2 is 1.97 bits per heavy atom. The Morgan fingerprint density at radius 3 is 2.69 bits per heavy atom. The van der Waals surface area contributed by atoms with Gasteiger partial charge in [-0.3, -0.25) is 4.57 Å². The lowest BCUT2D eigenvalue weighted by atomic mass is 10.2. The topological polar surface area (TPSA) is 114 Å². The van der Waals surface area contributed by atoms with E-state index in [0.717, 1.165) is 5.56 Å². The van der Waals surface area contributed by atoms with Crippen LogP contribution in [0.5, 0.6) is 0 Å². The number of ether oxygens (including phenoxy) is 2. The van der Waals surface area contributed by atoms with Crippen LogP contribution >= 0.6 is 0 Å². The number of rotatable bonds is 7. The van der Waals surface area contributed by atoms with Crippen LogP contribution in [0, 0.1) is 0 Å². The summed E-state index contributed by atoms with van der Waals surface area (Å²) in [4.78, 5) is 25.4. The second-order valence-corrected chi connectivity index (χ2v) is 15.1. The average Bonchev–Trinajstić information content (AvgIpc) is 3.41. The van der Waals surface area contributed by atoms with Gasteiger partial charge in [-0.05, 0) is 29.8 Å². The Balaban J connectivity index is 1.54. The molecule has 0 radical (unpaired) electrons. The van der Waals surface area contributed by atoms with Crippen LogP contribution in [0.25, 0.3) is 17.2 Å². The highest BCUT2D eigenvalue weighted by molar-refractivity contribution is 6.74. The summed E-state index contributed by atoms with van der Waals surface area (Å²) < 4.78 is 20.4. The first-order chi connectivity index (χ1) is 16.5. The molecule has 0 aliphatic carbocycles. The fourth-order valence-electron chi connectivity index (χ4n) is 3.67. The van der Waals surface area contributed by atoms with Crippen molar-refractivity contribution in [3.8, 4) is 0 Å². The lowest BCUT2D eigenvalue weighted by Gasteiger charge is -2.36. The monoisotopic (exact) mass is 495 g/mol. The molecule has 0 amide bonds. The number of nitrogens with zero attached hydrogens (tertiary/aromatic N) is 4. The molecule has 1 aromatic carbocycles. The minimum Gasteiger partial charge on any atom is -0.454 e. The molecule has 35 heavy (non-hydrogen) atoms. The van der Waals surface area contributed by atoms with Gasteiger partial charge in [0.15, 0.2) is 26.0 Å². The molecule has 2 aromatic heterocycles. The smallest absolute Gasteiger partial charge is 0.331 e. The molecule has 186 valence electrons. The number of imidazole rings is 1. The van der Waals surface area contributed by atoms with Crippen molar-refractivity contribution in [3.05, 3.63) is 54.6 Å². The maximum absolute atomic E-state index is 12.7. The Labute approximate surface area is 206 Å². The molecule has 1 saturated heterocycles. The molecule has 2 N–H and O–H groups in total. The second kappa shape index (κ2) is 9.88. The number of benzene rings is 1. The standard InChI is InChI=1S/C25H33N5O4Si/c1-25(2,3)35(4,5)32-14-18-13-19(34-20(31)12-11-17-9-7-6-8-10-17)24(33-18)30-16-29-21-22(26)27-15-28-23(21)30/h6-12,15-16,18-19,24H,13-14H2,1-5H3,(H2,26,27,28)/b12-11+/t18-,19+,24+/m0/s1. The van der Waals surface area contributed by atoms with Crippen LogP contribution in [0.2, 0.25) is 18.1 Å². The van der Waals surface area contributed by atoms with E-state index in [1.165, 1.54) is 12.4 Å². The SMILES string of the molecule is CC(C)(C)[Si](C)(C)OC[C@@H]1C[C@@H](OC(=O)/C=C/c2ccccc2)[C@H](n2cnc3c(N)ncnc32)O1. The number of anilines is 1. The van der Waals surface area contributed by atoms with Crippen molar-refractivity contribution in [2.75, 3.05) is 12.3 Å². The number of nitrogen functional groups attached to an aromatic ring is 1. The van der Waals surface area contributed by atoms with Gasteiger partial charge in [0.1, 0.15) is 17.9 Å². The molecule has 0 spiro atoms. The van der Waals surface area contributed by atoms with Crippen LogP contribution in [0.3, 0.4) is 0 Å². The van der Waals surface area contributed by atoms with E-state index in [-0.39, 0.29) is 17.0 Å². The van der Waals surface area contributed by atoms with Crippen molar-refractivity contribution >= 4 is 37.3 Å². The van der Waals surface area contributed by atoms with Crippen molar-refractivity contribution < 1.29 is 18.7 Å². The van der Waals surface area contributed by atoms with Gasteiger partial charge < -0.3 is 19.6 Å². The molecule has 3 aromatic rings. The lowest BCUT2D eigenvalue weighted by Crippen LogP contribution is -2.42. The number of aromatic nitrogens is 4. The van der Waals surface area contributed by atoms with Gasteiger partial charge in [0.05, 0.1) is 19.0 Å². The average molecular weight is 496 g/mol. The van der Waals surface area contributed by atoms with Crippen LogP contribution in [0.15, 0.2) is 49.1 Å². The van der Waals surface area contributed by atoms with E-state index in [9.17, 15) is 4.79 Å². The fraction of sp³-hybridized carbons (Fsp3) is 0.440. The molecule has 0 bridgehead atoms. The zero-order chi connectivity index (χ0) is 25.2. The maximum Gasteiger partial charge on any atom is 0.331 e. The number of esters is 1. The number of carbonyl (C=O) groups excluding carboxylic acids is 1. The van der Waals surface area contributed by atoms with Crippen LogP contribution in [0.4, 0.5) is 5.82 Å². The zero-order valence-corrected chi connectivity index (χ0v) is 21.8. The minimum absolute atomic E-state index is 0.0775. The van der Waals surface area contributed by atoms with Gasteiger partial charge in [-0.25, -0.2) is 19.7 Å². The minimum atomic E-state index is -1.97. The van der Waals surface area contributed by atoms with E-state index in [1.807, 2.05) is 30.3 Å².